The van der Waals surface area contributed by atoms with Crippen molar-refractivity contribution in [3.05, 3.63) is 29.8 Å². The molecular formula is C13H19F2NO2. The van der Waals surface area contributed by atoms with Crippen LogP contribution >= 0.6 is 0 Å². The maximum Gasteiger partial charge on any atom is 0.162 e. The van der Waals surface area contributed by atoms with E-state index in [2.05, 4.69) is 5.32 Å². The summed E-state index contributed by atoms with van der Waals surface area (Å²) in [6.07, 6.45) is 0.943. The number of hydrogen-bond donors (Lipinski definition) is 1. The number of benzene rings is 1. The van der Waals surface area contributed by atoms with Crippen LogP contribution < -0.4 is 10.1 Å². The zero-order chi connectivity index (χ0) is 13.2. The predicted octanol–water partition coefficient (Wildman–Crippen LogP) is 2.36. The van der Waals surface area contributed by atoms with E-state index >= 15 is 0 Å². The van der Waals surface area contributed by atoms with Gasteiger partial charge in [-0.3, -0.25) is 0 Å². The van der Waals surface area contributed by atoms with Crippen molar-refractivity contribution in [2.45, 2.75) is 13.3 Å². The average molecular weight is 259 g/mol. The van der Waals surface area contributed by atoms with Crippen LogP contribution in [0.5, 0.6) is 5.75 Å². The summed E-state index contributed by atoms with van der Waals surface area (Å²) in [5.41, 5.74) is 0. The second kappa shape index (κ2) is 8.83. The van der Waals surface area contributed by atoms with Gasteiger partial charge in [0.2, 0.25) is 0 Å². The summed E-state index contributed by atoms with van der Waals surface area (Å²) in [6, 6.07) is 3.51. The molecule has 0 spiro atoms. The van der Waals surface area contributed by atoms with E-state index in [4.69, 9.17) is 9.47 Å². The van der Waals surface area contributed by atoms with Gasteiger partial charge in [0.1, 0.15) is 12.4 Å². The quantitative estimate of drug-likeness (QED) is 0.691. The number of nitrogens with one attached hydrogen (secondary N) is 1. The van der Waals surface area contributed by atoms with Crippen LogP contribution in [-0.2, 0) is 4.74 Å². The average Bonchev–Trinajstić information content (AvgIpc) is 2.37. The molecular weight excluding hydrogens is 240 g/mol. The molecule has 0 aliphatic heterocycles. The lowest BCUT2D eigenvalue weighted by Gasteiger charge is -2.07. The van der Waals surface area contributed by atoms with Gasteiger partial charge in [-0.15, -0.1) is 0 Å². The molecule has 0 heterocycles. The fraction of sp³-hybridized carbons (Fsp3) is 0.538. The summed E-state index contributed by atoms with van der Waals surface area (Å²) in [5, 5.41) is 3.17. The van der Waals surface area contributed by atoms with Gasteiger partial charge in [0.15, 0.2) is 11.6 Å². The molecule has 3 nitrogen and oxygen atoms in total. The van der Waals surface area contributed by atoms with Crippen molar-refractivity contribution < 1.29 is 18.3 Å². The Balaban J connectivity index is 2.05. The second-order valence-electron chi connectivity index (χ2n) is 3.72. The van der Waals surface area contributed by atoms with Gasteiger partial charge in [-0.05, 0) is 32.0 Å². The van der Waals surface area contributed by atoms with E-state index in [9.17, 15) is 8.78 Å². The molecule has 102 valence electrons. The Kier molecular flexibility index (Phi) is 7.29. The summed E-state index contributed by atoms with van der Waals surface area (Å²) in [6.45, 7) is 5.36. The number of rotatable bonds is 9. The van der Waals surface area contributed by atoms with Gasteiger partial charge >= 0.3 is 0 Å². The molecule has 0 bridgehead atoms. The van der Waals surface area contributed by atoms with Crippen LogP contribution in [0.15, 0.2) is 18.2 Å². The highest BCUT2D eigenvalue weighted by molar-refractivity contribution is 5.23. The van der Waals surface area contributed by atoms with Crippen LogP contribution in [0, 0.1) is 11.6 Å². The minimum Gasteiger partial charge on any atom is -0.492 e. The van der Waals surface area contributed by atoms with Gasteiger partial charge in [0.25, 0.3) is 0 Å². The largest absolute Gasteiger partial charge is 0.492 e. The van der Waals surface area contributed by atoms with Crippen molar-refractivity contribution in [2.24, 2.45) is 0 Å². The van der Waals surface area contributed by atoms with E-state index in [1.165, 1.54) is 6.07 Å². The van der Waals surface area contributed by atoms with Gasteiger partial charge in [0.05, 0.1) is 0 Å². The monoisotopic (exact) mass is 259 g/mol. The van der Waals surface area contributed by atoms with E-state index < -0.39 is 11.6 Å². The fourth-order valence-electron chi connectivity index (χ4n) is 1.38. The molecule has 0 amide bonds. The first-order chi connectivity index (χ1) is 8.74. The zero-order valence-corrected chi connectivity index (χ0v) is 10.5. The number of hydrogen-bond acceptors (Lipinski definition) is 3. The minimum atomic E-state index is -0.892. The van der Waals surface area contributed by atoms with Crippen molar-refractivity contribution in [3.63, 3.8) is 0 Å². The molecule has 18 heavy (non-hydrogen) atoms. The van der Waals surface area contributed by atoms with Crippen molar-refractivity contribution in [3.8, 4) is 5.75 Å². The summed E-state index contributed by atoms with van der Waals surface area (Å²) in [4.78, 5) is 0. The smallest absolute Gasteiger partial charge is 0.162 e. The minimum absolute atomic E-state index is 0.338. The Morgan fingerprint density at radius 1 is 1.11 bits per heavy atom. The van der Waals surface area contributed by atoms with Gasteiger partial charge in [-0.25, -0.2) is 8.78 Å². The molecule has 1 rings (SSSR count). The molecule has 0 saturated carbocycles. The summed E-state index contributed by atoms with van der Waals surface area (Å²) >= 11 is 0. The number of ether oxygens (including phenoxy) is 2. The van der Waals surface area contributed by atoms with E-state index in [0.717, 1.165) is 38.3 Å². The van der Waals surface area contributed by atoms with Gasteiger partial charge in [0, 0.05) is 25.8 Å². The van der Waals surface area contributed by atoms with Crippen molar-refractivity contribution >= 4 is 0 Å². The third kappa shape index (κ3) is 5.93. The van der Waals surface area contributed by atoms with Gasteiger partial charge in [-0.1, -0.05) is 0 Å². The molecule has 0 unspecified atom stereocenters. The van der Waals surface area contributed by atoms with E-state index in [-0.39, 0.29) is 0 Å². The summed E-state index contributed by atoms with van der Waals surface area (Å²) in [7, 11) is 0. The highest BCUT2D eigenvalue weighted by Crippen LogP contribution is 2.14. The normalized spacial score (nSPS) is 10.6. The van der Waals surface area contributed by atoms with Crippen molar-refractivity contribution in [2.75, 3.05) is 32.9 Å². The third-order valence-corrected chi connectivity index (χ3v) is 2.28. The van der Waals surface area contributed by atoms with E-state index in [1.54, 1.807) is 0 Å². The second-order valence-corrected chi connectivity index (χ2v) is 3.72. The zero-order valence-electron chi connectivity index (χ0n) is 10.5. The lowest BCUT2D eigenvalue weighted by atomic mass is 10.3. The van der Waals surface area contributed by atoms with Crippen LogP contribution in [0.25, 0.3) is 0 Å². The molecule has 1 aromatic carbocycles. The SMILES string of the molecule is CCOCCCNCCOc1ccc(F)c(F)c1. The molecule has 0 aliphatic rings. The standard InChI is InChI=1S/C13H19F2NO2/c1-2-17-8-3-6-16-7-9-18-11-4-5-12(14)13(15)10-11/h4-5,10,16H,2-3,6-9H2,1H3. The molecule has 0 radical (unpaired) electrons. The fourth-order valence-corrected chi connectivity index (χ4v) is 1.38. The highest BCUT2D eigenvalue weighted by atomic mass is 19.2. The van der Waals surface area contributed by atoms with Crippen molar-refractivity contribution in [1.82, 2.24) is 5.32 Å². The maximum atomic E-state index is 12.8. The Hall–Kier alpha value is -1.20. The van der Waals surface area contributed by atoms with Crippen molar-refractivity contribution in [1.29, 1.82) is 0 Å². The molecule has 0 saturated heterocycles. The van der Waals surface area contributed by atoms with Gasteiger partial charge in [-0.2, -0.15) is 0 Å². The third-order valence-electron chi connectivity index (χ3n) is 2.28. The molecule has 0 atom stereocenters. The van der Waals surface area contributed by atoms with Crippen LogP contribution in [0.2, 0.25) is 0 Å². The first kappa shape index (κ1) is 14.9. The molecule has 5 heteroatoms. The molecule has 1 N–H and O–H groups in total. The Morgan fingerprint density at radius 2 is 1.94 bits per heavy atom. The molecule has 0 aromatic heterocycles. The van der Waals surface area contributed by atoms with Gasteiger partial charge < -0.3 is 14.8 Å². The topological polar surface area (TPSA) is 30.5 Å². The summed E-state index contributed by atoms with van der Waals surface area (Å²) < 4.78 is 35.9. The van der Waals surface area contributed by atoms with Crippen LogP contribution in [-0.4, -0.2) is 32.9 Å². The molecule has 0 fully saturated rings. The lowest BCUT2D eigenvalue weighted by molar-refractivity contribution is 0.144. The van der Waals surface area contributed by atoms with E-state index in [1.807, 2.05) is 6.92 Å². The lowest BCUT2D eigenvalue weighted by Crippen LogP contribution is -2.23. The first-order valence-electron chi connectivity index (χ1n) is 6.10. The Labute approximate surface area is 106 Å². The maximum absolute atomic E-state index is 12.8. The highest BCUT2D eigenvalue weighted by Gasteiger charge is 2.02. The van der Waals surface area contributed by atoms with Crippen LogP contribution in [0.4, 0.5) is 8.78 Å². The van der Waals surface area contributed by atoms with E-state index in [0.29, 0.717) is 18.9 Å². The molecule has 0 aliphatic carbocycles. The Morgan fingerprint density at radius 3 is 2.67 bits per heavy atom. The summed E-state index contributed by atoms with van der Waals surface area (Å²) in [5.74, 6) is -1.42. The Bertz CT molecular complexity index is 348. The first-order valence-corrected chi connectivity index (χ1v) is 6.10. The van der Waals surface area contributed by atoms with Crippen LogP contribution in [0.3, 0.4) is 0 Å². The molecule has 1 aromatic rings. The van der Waals surface area contributed by atoms with Crippen LogP contribution in [0.1, 0.15) is 13.3 Å². The predicted molar refractivity (Wildman–Crippen MR) is 65.8 cm³/mol. The number of halogens is 2.